The molecule has 0 amide bonds. The third-order valence-electron chi connectivity index (χ3n) is 4.89. The first-order valence-corrected chi connectivity index (χ1v) is 9.20. The minimum Gasteiger partial charge on any atom is -0.363 e. The Morgan fingerprint density at radius 3 is 2.64 bits per heavy atom. The molecule has 28 heavy (non-hydrogen) atoms. The Morgan fingerprint density at radius 2 is 1.89 bits per heavy atom. The molecule has 1 aromatic heterocycles. The van der Waals surface area contributed by atoms with Gasteiger partial charge in [0.25, 0.3) is 5.69 Å². The Balaban J connectivity index is 1.38. The highest BCUT2D eigenvalue weighted by molar-refractivity contribution is 5.63. The van der Waals surface area contributed by atoms with Gasteiger partial charge in [-0.25, -0.2) is 0 Å². The van der Waals surface area contributed by atoms with Crippen molar-refractivity contribution in [2.75, 3.05) is 31.1 Å². The van der Waals surface area contributed by atoms with E-state index in [0.29, 0.717) is 37.0 Å². The molecule has 0 atom stereocenters. The quantitative estimate of drug-likeness (QED) is 0.496. The molecule has 2 aromatic carbocycles. The SMILES string of the molecule is Cc1cccc(-c2noc(CN3CCN(c4ccccc4[N+](=O)[O-])CC3)n2)c1. The van der Waals surface area contributed by atoms with Crippen LogP contribution in [0.1, 0.15) is 11.5 Å². The normalized spacial score (nSPS) is 15.0. The lowest BCUT2D eigenvalue weighted by molar-refractivity contribution is -0.384. The van der Waals surface area contributed by atoms with Crippen molar-refractivity contribution in [3.63, 3.8) is 0 Å². The van der Waals surface area contributed by atoms with E-state index in [9.17, 15) is 10.1 Å². The molecule has 0 saturated carbocycles. The summed E-state index contributed by atoms with van der Waals surface area (Å²) in [5.41, 5.74) is 2.91. The Morgan fingerprint density at radius 1 is 1.11 bits per heavy atom. The molecular formula is C20H21N5O3. The van der Waals surface area contributed by atoms with Gasteiger partial charge in [0.1, 0.15) is 5.69 Å². The predicted octanol–water partition coefficient (Wildman–Crippen LogP) is 3.28. The maximum absolute atomic E-state index is 11.3. The number of nitro benzene ring substituents is 1. The number of nitrogens with zero attached hydrogens (tertiary/aromatic N) is 5. The lowest BCUT2D eigenvalue weighted by atomic mass is 10.1. The summed E-state index contributed by atoms with van der Waals surface area (Å²) in [5, 5.41) is 15.3. The zero-order chi connectivity index (χ0) is 19.5. The summed E-state index contributed by atoms with van der Waals surface area (Å²) in [4.78, 5) is 19.7. The van der Waals surface area contributed by atoms with Gasteiger partial charge in [-0.1, -0.05) is 41.1 Å². The fourth-order valence-electron chi connectivity index (χ4n) is 3.44. The zero-order valence-corrected chi connectivity index (χ0v) is 15.6. The van der Waals surface area contributed by atoms with Crippen molar-refractivity contribution in [2.45, 2.75) is 13.5 Å². The number of hydrogen-bond donors (Lipinski definition) is 0. The number of aromatic nitrogens is 2. The molecule has 0 bridgehead atoms. The molecule has 0 radical (unpaired) electrons. The van der Waals surface area contributed by atoms with Crippen molar-refractivity contribution in [1.29, 1.82) is 0 Å². The fourth-order valence-corrected chi connectivity index (χ4v) is 3.44. The van der Waals surface area contributed by atoms with Crippen LogP contribution in [0.5, 0.6) is 0 Å². The smallest absolute Gasteiger partial charge is 0.292 e. The maximum Gasteiger partial charge on any atom is 0.292 e. The topological polar surface area (TPSA) is 88.5 Å². The largest absolute Gasteiger partial charge is 0.363 e. The number of anilines is 1. The highest BCUT2D eigenvalue weighted by atomic mass is 16.6. The molecule has 4 rings (SSSR count). The lowest BCUT2D eigenvalue weighted by Crippen LogP contribution is -2.46. The van der Waals surface area contributed by atoms with Gasteiger partial charge in [-0.15, -0.1) is 0 Å². The first kappa shape index (κ1) is 18.1. The van der Waals surface area contributed by atoms with Gasteiger partial charge in [0.15, 0.2) is 0 Å². The van der Waals surface area contributed by atoms with Gasteiger partial charge in [-0.2, -0.15) is 4.98 Å². The Kier molecular flexibility index (Phi) is 5.03. The number of rotatable bonds is 5. The zero-order valence-electron chi connectivity index (χ0n) is 15.6. The fraction of sp³-hybridized carbons (Fsp3) is 0.300. The number of benzene rings is 2. The molecule has 1 saturated heterocycles. The van der Waals surface area contributed by atoms with Crippen molar-refractivity contribution in [3.05, 3.63) is 70.1 Å². The molecule has 1 aliphatic heterocycles. The van der Waals surface area contributed by atoms with E-state index in [1.807, 2.05) is 37.3 Å². The number of nitro groups is 1. The second-order valence-corrected chi connectivity index (χ2v) is 6.89. The average molecular weight is 379 g/mol. The minimum atomic E-state index is -0.326. The van der Waals surface area contributed by atoms with E-state index in [1.54, 1.807) is 18.2 Å². The van der Waals surface area contributed by atoms with Gasteiger partial charge in [0.05, 0.1) is 11.5 Å². The van der Waals surface area contributed by atoms with Gasteiger partial charge < -0.3 is 9.42 Å². The predicted molar refractivity (Wildman–Crippen MR) is 105 cm³/mol. The van der Waals surface area contributed by atoms with Crippen LogP contribution >= 0.6 is 0 Å². The van der Waals surface area contributed by atoms with Crippen molar-refractivity contribution in [3.8, 4) is 11.4 Å². The van der Waals surface area contributed by atoms with Gasteiger partial charge in [-0.05, 0) is 19.1 Å². The summed E-state index contributed by atoms with van der Waals surface area (Å²) in [5.74, 6) is 1.17. The summed E-state index contributed by atoms with van der Waals surface area (Å²) in [6.07, 6.45) is 0. The van der Waals surface area contributed by atoms with Crippen molar-refractivity contribution >= 4 is 11.4 Å². The van der Waals surface area contributed by atoms with Crippen LogP contribution in [0.25, 0.3) is 11.4 Å². The number of aryl methyl sites for hydroxylation is 1. The maximum atomic E-state index is 11.3. The van der Waals surface area contributed by atoms with E-state index < -0.39 is 0 Å². The van der Waals surface area contributed by atoms with Crippen LogP contribution in [-0.2, 0) is 6.54 Å². The molecule has 0 aliphatic carbocycles. The first-order chi connectivity index (χ1) is 13.6. The van der Waals surface area contributed by atoms with E-state index in [0.717, 1.165) is 24.2 Å². The molecule has 0 unspecified atom stereocenters. The summed E-state index contributed by atoms with van der Waals surface area (Å²) < 4.78 is 5.42. The van der Waals surface area contributed by atoms with Crippen molar-refractivity contribution in [1.82, 2.24) is 15.0 Å². The second kappa shape index (κ2) is 7.77. The van der Waals surface area contributed by atoms with Crippen LogP contribution in [0.15, 0.2) is 53.1 Å². The molecule has 3 aromatic rings. The molecule has 1 fully saturated rings. The van der Waals surface area contributed by atoms with Crippen LogP contribution < -0.4 is 4.90 Å². The summed E-state index contributed by atoms with van der Waals surface area (Å²) in [6, 6.07) is 14.9. The molecule has 144 valence electrons. The van der Waals surface area contributed by atoms with Crippen LogP contribution in [0, 0.1) is 17.0 Å². The van der Waals surface area contributed by atoms with Crippen LogP contribution in [0.2, 0.25) is 0 Å². The van der Waals surface area contributed by atoms with Crippen LogP contribution in [0.4, 0.5) is 11.4 Å². The van der Waals surface area contributed by atoms with Crippen molar-refractivity contribution < 1.29 is 9.45 Å². The second-order valence-electron chi connectivity index (χ2n) is 6.89. The van der Waals surface area contributed by atoms with Gasteiger partial charge in [0, 0.05) is 37.8 Å². The molecule has 8 nitrogen and oxygen atoms in total. The van der Waals surface area contributed by atoms with Gasteiger partial charge >= 0.3 is 0 Å². The minimum absolute atomic E-state index is 0.149. The molecular weight excluding hydrogens is 358 g/mol. The third kappa shape index (κ3) is 3.86. The average Bonchev–Trinajstić information content (AvgIpc) is 3.17. The highest BCUT2D eigenvalue weighted by Gasteiger charge is 2.24. The van der Waals surface area contributed by atoms with E-state index in [4.69, 9.17) is 4.52 Å². The summed E-state index contributed by atoms with van der Waals surface area (Å²) in [7, 11) is 0. The summed E-state index contributed by atoms with van der Waals surface area (Å²) >= 11 is 0. The van der Waals surface area contributed by atoms with E-state index in [1.165, 1.54) is 0 Å². The first-order valence-electron chi connectivity index (χ1n) is 9.20. The van der Waals surface area contributed by atoms with E-state index >= 15 is 0 Å². The molecule has 1 aliphatic rings. The van der Waals surface area contributed by atoms with Crippen LogP contribution in [-0.4, -0.2) is 46.1 Å². The molecule has 0 N–H and O–H groups in total. The van der Waals surface area contributed by atoms with Gasteiger partial charge in [-0.3, -0.25) is 15.0 Å². The highest BCUT2D eigenvalue weighted by Crippen LogP contribution is 2.28. The Hall–Kier alpha value is -3.26. The van der Waals surface area contributed by atoms with E-state index in [2.05, 4.69) is 19.9 Å². The third-order valence-corrected chi connectivity index (χ3v) is 4.89. The molecule has 2 heterocycles. The monoisotopic (exact) mass is 379 g/mol. The number of para-hydroxylation sites is 2. The lowest BCUT2D eigenvalue weighted by Gasteiger charge is -2.35. The molecule has 0 spiro atoms. The summed E-state index contributed by atoms with van der Waals surface area (Å²) in [6.45, 7) is 5.57. The van der Waals surface area contributed by atoms with E-state index in [-0.39, 0.29) is 10.6 Å². The Labute approximate surface area is 162 Å². The standard InChI is InChI=1S/C20H21N5O3/c1-15-5-4-6-16(13-15)20-21-19(28-22-20)14-23-9-11-24(12-10-23)17-7-2-3-8-18(17)25(26)27/h2-8,13H,9-12,14H2,1H3. The number of piperazine rings is 1. The number of hydrogen-bond acceptors (Lipinski definition) is 7. The Bertz CT molecular complexity index is 979. The van der Waals surface area contributed by atoms with Gasteiger partial charge in [0.2, 0.25) is 11.7 Å². The molecule has 8 heteroatoms. The van der Waals surface area contributed by atoms with Crippen molar-refractivity contribution in [2.24, 2.45) is 0 Å². The van der Waals surface area contributed by atoms with Crippen LogP contribution in [0.3, 0.4) is 0 Å².